The number of nitrogens with one attached hydrogen (secondary N) is 4. The van der Waals surface area contributed by atoms with Gasteiger partial charge < -0.3 is 27.0 Å². The monoisotopic (exact) mass is 569 g/mol. The van der Waals surface area contributed by atoms with Crippen molar-refractivity contribution in [1.82, 2.24) is 21.3 Å². The summed E-state index contributed by atoms with van der Waals surface area (Å²) >= 11 is 12.2. The molecule has 0 spiro atoms. The minimum Gasteiger partial charge on any atom is -0.351 e. The third-order valence-electron chi connectivity index (χ3n) is 6.30. The van der Waals surface area contributed by atoms with Gasteiger partial charge in [-0.15, -0.1) is 0 Å². The molecule has 0 saturated heterocycles. The standard InChI is InChI=1S/C30H37Cl2N5O2/c31-25-15-14-24(27(32)18-25)20-35-30(39)36-21-26(17-22-9-3-1-4-10-22)37-28(13-7-8-16-33)29(38)34-19-23-11-5-2-6-12-23/h1-6,9-12,14-15,18,26,28,37H,7-8,13,16-17,19-21,33H2,(H,34,38)(H2,35,36,39)/t26-,28+/m1/s1. The van der Waals surface area contributed by atoms with Crippen molar-refractivity contribution in [2.24, 2.45) is 5.73 Å². The normalized spacial score (nSPS) is 12.4. The molecule has 0 fully saturated rings. The molecule has 0 unspecified atom stereocenters. The molecule has 39 heavy (non-hydrogen) atoms. The van der Waals surface area contributed by atoms with E-state index in [9.17, 15) is 9.59 Å². The molecule has 7 nitrogen and oxygen atoms in total. The summed E-state index contributed by atoms with van der Waals surface area (Å²) in [6.45, 7) is 1.62. The largest absolute Gasteiger partial charge is 0.351 e. The van der Waals surface area contributed by atoms with E-state index in [1.54, 1.807) is 18.2 Å². The number of benzene rings is 3. The number of rotatable bonds is 15. The minimum atomic E-state index is -0.424. The molecule has 0 saturated carbocycles. The Balaban J connectivity index is 1.63. The first-order valence-corrected chi connectivity index (χ1v) is 14.0. The van der Waals surface area contributed by atoms with Gasteiger partial charge in [-0.2, -0.15) is 0 Å². The van der Waals surface area contributed by atoms with Crippen LogP contribution < -0.4 is 27.0 Å². The molecule has 0 heterocycles. The van der Waals surface area contributed by atoms with E-state index in [0.717, 1.165) is 29.5 Å². The molecule has 0 aliphatic heterocycles. The van der Waals surface area contributed by atoms with Crippen LogP contribution in [0.4, 0.5) is 4.79 Å². The zero-order chi connectivity index (χ0) is 27.9. The fourth-order valence-electron chi connectivity index (χ4n) is 4.18. The number of amides is 3. The highest BCUT2D eigenvalue weighted by Gasteiger charge is 2.22. The molecule has 0 aliphatic carbocycles. The van der Waals surface area contributed by atoms with E-state index in [4.69, 9.17) is 28.9 Å². The maximum atomic E-state index is 13.2. The molecule has 3 rings (SSSR count). The lowest BCUT2D eigenvalue weighted by molar-refractivity contribution is -0.123. The van der Waals surface area contributed by atoms with E-state index in [-0.39, 0.29) is 24.5 Å². The number of carbonyl (C=O) groups excluding carboxylic acids is 2. The van der Waals surface area contributed by atoms with Gasteiger partial charge in [0.2, 0.25) is 5.91 Å². The van der Waals surface area contributed by atoms with Gasteiger partial charge in [-0.3, -0.25) is 4.79 Å². The number of hydrogen-bond acceptors (Lipinski definition) is 4. The van der Waals surface area contributed by atoms with Gasteiger partial charge in [0, 0.05) is 35.7 Å². The van der Waals surface area contributed by atoms with Crippen LogP contribution in [0.15, 0.2) is 78.9 Å². The van der Waals surface area contributed by atoms with Crippen molar-refractivity contribution in [3.05, 3.63) is 106 Å². The topological polar surface area (TPSA) is 108 Å². The Morgan fingerprint density at radius 2 is 1.49 bits per heavy atom. The van der Waals surface area contributed by atoms with Crippen LogP contribution >= 0.6 is 23.2 Å². The first-order valence-electron chi connectivity index (χ1n) is 13.2. The molecular weight excluding hydrogens is 533 g/mol. The molecular formula is C30H37Cl2N5O2. The van der Waals surface area contributed by atoms with Crippen LogP contribution in [0.1, 0.15) is 36.0 Å². The minimum absolute atomic E-state index is 0.0734. The Morgan fingerprint density at radius 3 is 2.15 bits per heavy atom. The maximum Gasteiger partial charge on any atom is 0.315 e. The van der Waals surface area contributed by atoms with Gasteiger partial charge in [-0.25, -0.2) is 4.79 Å². The number of halogens is 2. The molecule has 3 aromatic carbocycles. The molecule has 3 aromatic rings. The van der Waals surface area contributed by atoms with Gasteiger partial charge >= 0.3 is 6.03 Å². The van der Waals surface area contributed by atoms with Crippen molar-refractivity contribution in [3.8, 4) is 0 Å². The Morgan fingerprint density at radius 1 is 0.795 bits per heavy atom. The molecule has 0 radical (unpaired) electrons. The highest BCUT2D eigenvalue weighted by Crippen LogP contribution is 2.20. The van der Waals surface area contributed by atoms with Gasteiger partial charge in [0.1, 0.15) is 0 Å². The second-order valence-corrected chi connectivity index (χ2v) is 10.2. The Kier molecular flexibility index (Phi) is 13.1. The Bertz CT molecular complexity index is 1160. The lowest BCUT2D eigenvalue weighted by Crippen LogP contribution is -2.53. The summed E-state index contributed by atoms with van der Waals surface area (Å²) in [6, 6.07) is 24.0. The van der Waals surface area contributed by atoms with E-state index in [1.165, 1.54) is 0 Å². The van der Waals surface area contributed by atoms with Crippen LogP contribution in [0.2, 0.25) is 10.0 Å². The third kappa shape index (κ3) is 11.3. The summed E-state index contributed by atoms with van der Waals surface area (Å²) < 4.78 is 0. The van der Waals surface area contributed by atoms with Crippen molar-refractivity contribution >= 4 is 35.1 Å². The van der Waals surface area contributed by atoms with Crippen molar-refractivity contribution in [3.63, 3.8) is 0 Å². The summed E-state index contributed by atoms with van der Waals surface area (Å²) in [5.74, 6) is -0.0734. The summed E-state index contributed by atoms with van der Waals surface area (Å²) in [6.07, 6.45) is 2.94. The molecule has 9 heteroatoms. The average molecular weight is 571 g/mol. The van der Waals surface area contributed by atoms with Crippen molar-refractivity contribution in [2.45, 2.75) is 50.9 Å². The lowest BCUT2D eigenvalue weighted by Gasteiger charge is -2.26. The maximum absolute atomic E-state index is 13.2. The molecule has 0 bridgehead atoms. The zero-order valence-corrected chi connectivity index (χ0v) is 23.5. The molecule has 0 aliphatic rings. The first kappa shape index (κ1) is 30.4. The second kappa shape index (κ2) is 16.8. The SMILES string of the molecule is NCCCC[C@H](N[C@@H](CNC(=O)NCc1ccc(Cl)cc1Cl)Cc1ccccc1)C(=O)NCc1ccccc1. The van der Waals surface area contributed by atoms with Crippen LogP contribution in [0, 0.1) is 0 Å². The van der Waals surface area contributed by atoms with Crippen molar-refractivity contribution in [2.75, 3.05) is 13.1 Å². The van der Waals surface area contributed by atoms with Crippen molar-refractivity contribution < 1.29 is 9.59 Å². The lowest BCUT2D eigenvalue weighted by atomic mass is 10.0. The number of urea groups is 1. The average Bonchev–Trinajstić information content (AvgIpc) is 2.94. The van der Waals surface area contributed by atoms with Crippen LogP contribution in [-0.2, 0) is 24.3 Å². The Hall–Kier alpha value is -3.10. The van der Waals surface area contributed by atoms with E-state index < -0.39 is 6.04 Å². The second-order valence-electron chi connectivity index (χ2n) is 9.39. The fraction of sp³-hybridized carbons (Fsp3) is 0.333. The molecule has 3 amide bonds. The molecule has 2 atom stereocenters. The third-order valence-corrected chi connectivity index (χ3v) is 6.89. The summed E-state index contributed by atoms with van der Waals surface area (Å²) in [5.41, 5.74) is 8.62. The van der Waals surface area contributed by atoms with Crippen LogP contribution in [0.25, 0.3) is 0 Å². The van der Waals surface area contributed by atoms with Gasteiger partial charge in [0.15, 0.2) is 0 Å². The van der Waals surface area contributed by atoms with Crippen molar-refractivity contribution in [1.29, 1.82) is 0 Å². The van der Waals surface area contributed by atoms with E-state index >= 15 is 0 Å². The van der Waals surface area contributed by atoms with Gasteiger partial charge in [-0.1, -0.05) is 96.4 Å². The summed E-state index contributed by atoms with van der Waals surface area (Å²) in [5, 5.41) is 13.4. The number of unbranched alkanes of at least 4 members (excludes halogenated alkanes) is 1. The number of carbonyl (C=O) groups is 2. The molecule has 208 valence electrons. The van der Waals surface area contributed by atoms with Gasteiger partial charge in [0.25, 0.3) is 0 Å². The van der Waals surface area contributed by atoms with E-state index in [2.05, 4.69) is 21.3 Å². The predicted octanol–water partition coefficient (Wildman–Crippen LogP) is 4.81. The van der Waals surface area contributed by atoms with Crippen LogP contribution in [0.5, 0.6) is 0 Å². The number of hydrogen-bond donors (Lipinski definition) is 5. The van der Waals surface area contributed by atoms with Crippen LogP contribution in [-0.4, -0.2) is 37.1 Å². The number of nitrogens with two attached hydrogens (primary N) is 1. The van der Waals surface area contributed by atoms with E-state index in [0.29, 0.717) is 42.5 Å². The Labute approximate surface area is 240 Å². The smallest absolute Gasteiger partial charge is 0.315 e. The zero-order valence-electron chi connectivity index (χ0n) is 22.0. The highest BCUT2D eigenvalue weighted by atomic mass is 35.5. The summed E-state index contributed by atoms with van der Waals surface area (Å²) in [7, 11) is 0. The molecule has 0 aromatic heterocycles. The van der Waals surface area contributed by atoms with Crippen LogP contribution in [0.3, 0.4) is 0 Å². The van der Waals surface area contributed by atoms with Gasteiger partial charge in [0.05, 0.1) is 6.04 Å². The first-order chi connectivity index (χ1) is 18.9. The van der Waals surface area contributed by atoms with Gasteiger partial charge in [-0.05, 0) is 54.6 Å². The van der Waals surface area contributed by atoms with E-state index in [1.807, 2.05) is 60.7 Å². The predicted molar refractivity (Wildman–Crippen MR) is 159 cm³/mol. The summed E-state index contributed by atoms with van der Waals surface area (Å²) in [4.78, 5) is 25.9. The fourth-order valence-corrected chi connectivity index (χ4v) is 4.66. The highest BCUT2D eigenvalue weighted by molar-refractivity contribution is 6.35. The quantitative estimate of drug-likeness (QED) is 0.169. The molecule has 6 N–H and O–H groups in total.